The van der Waals surface area contributed by atoms with Gasteiger partial charge in [0.15, 0.2) is 5.16 Å². The summed E-state index contributed by atoms with van der Waals surface area (Å²) in [7, 11) is 0. The first-order valence-corrected chi connectivity index (χ1v) is 16.1. The van der Waals surface area contributed by atoms with Crippen molar-refractivity contribution in [3.63, 3.8) is 0 Å². The van der Waals surface area contributed by atoms with Crippen molar-refractivity contribution in [2.75, 3.05) is 26.2 Å². The molecule has 0 fully saturated rings. The number of tetrazole rings is 1. The summed E-state index contributed by atoms with van der Waals surface area (Å²) in [6.07, 6.45) is 1.87. The van der Waals surface area contributed by atoms with Gasteiger partial charge in [-0.05, 0) is 78.0 Å². The van der Waals surface area contributed by atoms with Gasteiger partial charge in [-0.3, -0.25) is 4.57 Å². The van der Waals surface area contributed by atoms with Crippen LogP contribution in [0.25, 0.3) is 17.1 Å². The second kappa shape index (κ2) is 14.1. The summed E-state index contributed by atoms with van der Waals surface area (Å²) in [4.78, 5) is 7.13. The lowest BCUT2D eigenvalue weighted by Gasteiger charge is -2.28. The summed E-state index contributed by atoms with van der Waals surface area (Å²) >= 11 is 14.2. The van der Waals surface area contributed by atoms with E-state index < -0.39 is 5.41 Å². The number of H-pyrrole nitrogens is 1. The SMILES string of the molecule is CCN(CC)CCOc1ccc(CSc2ncc(C(C)(C)c3ccc(Cl)c(Cl)c3)n2-c2ccc(F)cc2)cc1-c1nn[nH]n1. The topological polar surface area (TPSA) is 84.8 Å². The van der Waals surface area contributed by atoms with Crippen LogP contribution >= 0.6 is 35.0 Å². The maximum absolute atomic E-state index is 13.9. The number of halogens is 3. The van der Waals surface area contributed by atoms with Gasteiger partial charge in [0.2, 0.25) is 5.82 Å². The molecular formula is C32H34Cl2FN7OS. The number of likely N-dealkylation sites (N-methyl/N-ethyl adjacent to an activating group) is 1. The Hall–Kier alpha value is -3.44. The molecule has 5 rings (SSSR count). The van der Waals surface area contributed by atoms with Crippen molar-refractivity contribution in [3.05, 3.63) is 99.5 Å². The van der Waals surface area contributed by atoms with Crippen LogP contribution in [0.2, 0.25) is 10.0 Å². The lowest BCUT2D eigenvalue weighted by atomic mass is 9.81. The van der Waals surface area contributed by atoms with Crippen LogP contribution in [0.15, 0.2) is 72.0 Å². The first kappa shape index (κ1) is 32.0. The van der Waals surface area contributed by atoms with E-state index in [1.54, 1.807) is 30.0 Å². The average molecular weight is 655 g/mol. The number of nitrogens with zero attached hydrogens (tertiary/aromatic N) is 6. The minimum Gasteiger partial charge on any atom is -0.491 e. The van der Waals surface area contributed by atoms with Crippen molar-refractivity contribution < 1.29 is 9.13 Å². The Morgan fingerprint density at radius 1 is 1.00 bits per heavy atom. The number of thioether (sulfide) groups is 1. The van der Waals surface area contributed by atoms with Gasteiger partial charge in [0, 0.05) is 23.4 Å². The van der Waals surface area contributed by atoms with Gasteiger partial charge in [-0.2, -0.15) is 5.21 Å². The third-order valence-corrected chi connectivity index (χ3v) is 9.42. The summed E-state index contributed by atoms with van der Waals surface area (Å²) in [5.41, 5.74) is 4.01. The molecular weight excluding hydrogens is 620 g/mol. The van der Waals surface area contributed by atoms with Gasteiger partial charge in [-0.15, -0.1) is 10.2 Å². The van der Waals surface area contributed by atoms with E-state index in [1.807, 2.05) is 36.5 Å². The van der Waals surface area contributed by atoms with Crippen molar-refractivity contribution in [3.8, 4) is 22.8 Å². The fourth-order valence-corrected chi connectivity index (χ4v) is 6.20. The fraction of sp³-hybridized carbons (Fsp3) is 0.312. The standard InChI is InChI=1S/C32H34Cl2FN7OS/c1-5-41(6-2)15-16-43-28-14-7-21(17-25(28)30-37-39-40-38-30)20-44-31-36-19-29(42(31)24-11-9-23(35)10-12-24)32(3,4)22-8-13-26(33)27(34)18-22/h7-14,17-19H,5-6,15-16,20H2,1-4H3,(H,37,38,39,40). The molecule has 0 saturated carbocycles. The molecule has 0 atom stereocenters. The van der Waals surface area contributed by atoms with Crippen molar-refractivity contribution in [1.29, 1.82) is 0 Å². The monoisotopic (exact) mass is 653 g/mol. The van der Waals surface area contributed by atoms with Gasteiger partial charge < -0.3 is 9.64 Å². The van der Waals surface area contributed by atoms with Crippen LogP contribution in [0.5, 0.6) is 5.75 Å². The molecule has 2 heterocycles. The molecule has 12 heteroatoms. The molecule has 0 saturated heterocycles. The number of aromatic nitrogens is 6. The first-order valence-electron chi connectivity index (χ1n) is 14.4. The van der Waals surface area contributed by atoms with Gasteiger partial charge in [0.05, 0.1) is 27.5 Å². The third kappa shape index (κ3) is 7.10. The number of benzene rings is 3. The molecule has 0 aliphatic rings. The zero-order valence-corrected chi connectivity index (χ0v) is 27.3. The van der Waals surface area contributed by atoms with Crippen LogP contribution < -0.4 is 4.74 Å². The number of rotatable bonds is 13. The molecule has 0 amide bonds. The molecule has 44 heavy (non-hydrogen) atoms. The minimum atomic E-state index is -0.496. The molecule has 1 N–H and O–H groups in total. The summed E-state index contributed by atoms with van der Waals surface area (Å²) in [6.45, 7) is 11.8. The summed E-state index contributed by atoms with van der Waals surface area (Å²) < 4.78 is 22.2. The first-order chi connectivity index (χ1) is 21.2. The zero-order valence-electron chi connectivity index (χ0n) is 25.0. The number of hydrogen-bond acceptors (Lipinski definition) is 7. The van der Waals surface area contributed by atoms with Crippen LogP contribution in [0.3, 0.4) is 0 Å². The molecule has 5 aromatic rings. The Morgan fingerprint density at radius 3 is 2.45 bits per heavy atom. The Morgan fingerprint density at radius 2 is 1.77 bits per heavy atom. The predicted molar refractivity (Wildman–Crippen MR) is 175 cm³/mol. The molecule has 230 valence electrons. The van der Waals surface area contributed by atoms with E-state index in [0.29, 0.717) is 34.0 Å². The van der Waals surface area contributed by atoms with E-state index in [4.69, 9.17) is 32.9 Å². The highest BCUT2D eigenvalue weighted by molar-refractivity contribution is 7.98. The van der Waals surface area contributed by atoms with Crippen LogP contribution in [-0.2, 0) is 11.2 Å². The summed E-state index contributed by atoms with van der Waals surface area (Å²) in [6, 6.07) is 18.1. The van der Waals surface area contributed by atoms with E-state index in [1.165, 1.54) is 12.1 Å². The molecule has 8 nitrogen and oxygen atoms in total. The normalized spacial score (nSPS) is 11.8. The van der Waals surface area contributed by atoms with Crippen molar-refractivity contribution in [2.45, 2.75) is 44.0 Å². The second-order valence-corrected chi connectivity index (χ2v) is 12.5. The predicted octanol–water partition coefficient (Wildman–Crippen LogP) is 7.84. The molecule has 0 aliphatic carbocycles. The van der Waals surface area contributed by atoms with Gasteiger partial charge in [-0.25, -0.2) is 9.37 Å². The quantitative estimate of drug-likeness (QED) is 0.130. The lowest BCUT2D eigenvalue weighted by molar-refractivity contribution is 0.223. The van der Waals surface area contributed by atoms with Gasteiger partial charge in [-0.1, -0.05) is 74.8 Å². The number of ether oxygens (including phenoxy) is 1. The van der Waals surface area contributed by atoms with Gasteiger partial charge >= 0.3 is 0 Å². The zero-order chi connectivity index (χ0) is 31.3. The molecule has 0 bridgehead atoms. The van der Waals surface area contributed by atoms with Crippen LogP contribution in [0.4, 0.5) is 4.39 Å². The Bertz CT molecular complexity index is 1690. The average Bonchev–Trinajstić information content (AvgIpc) is 3.72. The highest BCUT2D eigenvalue weighted by Gasteiger charge is 2.30. The molecule has 2 aromatic heterocycles. The fourth-order valence-electron chi connectivity index (χ4n) is 4.97. The van der Waals surface area contributed by atoms with Crippen LogP contribution in [-0.4, -0.2) is 61.3 Å². The van der Waals surface area contributed by atoms with Crippen LogP contribution in [0, 0.1) is 5.82 Å². The Labute approximate surface area is 270 Å². The van der Waals surface area contributed by atoms with Crippen molar-refractivity contribution >= 4 is 35.0 Å². The smallest absolute Gasteiger partial charge is 0.208 e. The second-order valence-electron chi connectivity index (χ2n) is 10.7. The number of aromatic amines is 1. The van der Waals surface area contributed by atoms with Crippen molar-refractivity contribution in [1.82, 2.24) is 35.1 Å². The van der Waals surface area contributed by atoms with Crippen LogP contribution in [0.1, 0.15) is 44.5 Å². The van der Waals surface area contributed by atoms with Gasteiger partial charge in [0.25, 0.3) is 0 Å². The number of imidazole rings is 1. The largest absolute Gasteiger partial charge is 0.491 e. The molecule has 0 spiro atoms. The van der Waals surface area contributed by atoms with Crippen molar-refractivity contribution in [2.24, 2.45) is 0 Å². The molecule has 0 aliphatic heterocycles. The summed E-state index contributed by atoms with van der Waals surface area (Å²) in [5, 5.41) is 16.4. The lowest BCUT2D eigenvalue weighted by Crippen LogP contribution is -2.28. The molecule has 3 aromatic carbocycles. The molecule has 0 radical (unpaired) electrons. The Kier molecular flexibility index (Phi) is 10.3. The number of nitrogens with one attached hydrogen (secondary N) is 1. The van der Waals surface area contributed by atoms with E-state index in [-0.39, 0.29) is 5.82 Å². The maximum Gasteiger partial charge on any atom is 0.208 e. The van der Waals surface area contributed by atoms with Gasteiger partial charge in [0.1, 0.15) is 18.2 Å². The minimum absolute atomic E-state index is 0.304. The summed E-state index contributed by atoms with van der Waals surface area (Å²) in [5.74, 6) is 1.47. The maximum atomic E-state index is 13.9. The third-order valence-electron chi connectivity index (χ3n) is 7.65. The highest BCUT2D eigenvalue weighted by Crippen LogP contribution is 2.39. The van der Waals surface area contributed by atoms with E-state index in [9.17, 15) is 4.39 Å². The Balaban J connectivity index is 1.45. The number of hydrogen-bond donors (Lipinski definition) is 1. The van der Waals surface area contributed by atoms with E-state index in [2.05, 4.69) is 57.8 Å². The highest BCUT2D eigenvalue weighted by atomic mass is 35.5. The molecule has 0 unspecified atom stereocenters. The van der Waals surface area contributed by atoms with E-state index in [0.717, 1.165) is 52.9 Å². The van der Waals surface area contributed by atoms with E-state index >= 15 is 0 Å².